The summed E-state index contributed by atoms with van der Waals surface area (Å²) in [6.07, 6.45) is 1.41. The summed E-state index contributed by atoms with van der Waals surface area (Å²) in [7, 11) is 6.36. The molecule has 10 heteroatoms. The molecule has 0 aliphatic heterocycles. The van der Waals surface area contributed by atoms with Crippen LogP contribution in [0.25, 0.3) is 10.9 Å². The molecule has 3 rings (SSSR count). The van der Waals surface area contributed by atoms with Gasteiger partial charge in [-0.05, 0) is 50.6 Å². The number of aliphatic imine (C=N–C) groups is 2. The number of nitrogens with zero attached hydrogens (tertiary/aromatic N) is 3. The van der Waals surface area contributed by atoms with Gasteiger partial charge in [-0.2, -0.15) is 0 Å². The highest BCUT2D eigenvalue weighted by molar-refractivity contribution is 6.31. The molecule has 0 unspecified atom stereocenters. The third-order valence-electron chi connectivity index (χ3n) is 5.26. The number of hydrogen-bond donors (Lipinski definition) is 2. The molecule has 3 N–H and O–H groups in total. The maximum Gasteiger partial charge on any atom is 0.219 e. The molecule has 1 amide bonds. The van der Waals surface area contributed by atoms with Crippen molar-refractivity contribution < 1.29 is 13.9 Å². The fourth-order valence-corrected chi connectivity index (χ4v) is 3.92. The number of carbonyl (C=O) groups is 1. The van der Waals surface area contributed by atoms with E-state index < -0.39 is 11.3 Å². The van der Waals surface area contributed by atoms with Gasteiger partial charge in [0.1, 0.15) is 37.4 Å². The van der Waals surface area contributed by atoms with E-state index in [-0.39, 0.29) is 24.0 Å². The molecule has 0 saturated heterocycles. The van der Waals surface area contributed by atoms with Crippen molar-refractivity contribution in [2.24, 2.45) is 15.7 Å². The van der Waals surface area contributed by atoms with Crippen LogP contribution in [-0.4, -0.2) is 30.9 Å². The fourth-order valence-electron chi connectivity index (χ4n) is 3.66. The number of amides is 1. The van der Waals surface area contributed by atoms with Crippen LogP contribution in [0.2, 0.25) is 5.02 Å². The van der Waals surface area contributed by atoms with E-state index >= 15 is 0 Å². The van der Waals surface area contributed by atoms with E-state index in [2.05, 4.69) is 20.3 Å². The van der Waals surface area contributed by atoms with Crippen molar-refractivity contribution in [3.05, 3.63) is 64.1 Å². The molecule has 2 radical (unpaired) electrons. The van der Waals surface area contributed by atoms with Gasteiger partial charge in [0.25, 0.3) is 0 Å². The highest BCUT2D eigenvalue weighted by atomic mass is 35.5. The van der Waals surface area contributed by atoms with Gasteiger partial charge >= 0.3 is 0 Å². The second-order valence-corrected chi connectivity index (χ2v) is 8.59. The minimum Gasteiger partial charge on any atom is -0.487 e. The average molecular weight is 494 g/mol. The second-order valence-electron chi connectivity index (χ2n) is 8.18. The Morgan fingerprint density at radius 1 is 1.37 bits per heavy atom. The third kappa shape index (κ3) is 6.16. The average Bonchev–Trinajstić information content (AvgIpc) is 2.78. The van der Waals surface area contributed by atoms with Crippen LogP contribution in [0.1, 0.15) is 44.0 Å². The fraction of sp³-hybridized carbons (Fsp3) is 0.280. The summed E-state index contributed by atoms with van der Waals surface area (Å²) < 4.78 is 20.4. The molecule has 0 saturated carbocycles. The number of rotatable bonds is 7. The van der Waals surface area contributed by atoms with Crippen LogP contribution >= 0.6 is 11.6 Å². The number of benzene rings is 2. The quantitative estimate of drug-likeness (QED) is 0.280. The number of halogens is 2. The van der Waals surface area contributed by atoms with Crippen molar-refractivity contribution >= 4 is 54.1 Å². The lowest BCUT2D eigenvalue weighted by atomic mass is 9.72. The van der Waals surface area contributed by atoms with Gasteiger partial charge in [0, 0.05) is 28.5 Å². The Labute approximate surface area is 210 Å². The Hall–Kier alpha value is -3.46. The van der Waals surface area contributed by atoms with E-state index in [0.29, 0.717) is 33.9 Å². The van der Waals surface area contributed by atoms with Crippen molar-refractivity contribution in [2.45, 2.75) is 46.2 Å². The molecule has 0 spiro atoms. The summed E-state index contributed by atoms with van der Waals surface area (Å²) in [4.78, 5) is 25.2. The zero-order valence-electron chi connectivity index (χ0n) is 20.0. The number of nitrogens with two attached hydrogens (primary N) is 1. The van der Waals surface area contributed by atoms with Crippen LogP contribution in [0, 0.1) is 12.7 Å². The number of pyridine rings is 1. The first-order valence-corrected chi connectivity index (χ1v) is 11.3. The summed E-state index contributed by atoms with van der Waals surface area (Å²) in [5.41, 5.74) is 6.75. The first-order valence-electron chi connectivity index (χ1n) is 11.0. The second kappa shape index (κ2) is 10.9. The number of ether oxygens (including phenoxy) is 1. The zero-order chi connectivity index (χ0) is 25.8. The molecule has 2 aromatic carbocycles. The number of amidine groups is 1. The van der Waals surface area contributed by atoms with Gasteiger partial charge in [0.2, 0.25) is 5.91 Å². The lowest BCUT2D eigenvalue weighted by Crippen LogP contribution is -2.44. The summed E-state index contributed by atoms with van der Waals surface area (Å²) in [6, 6.07) is 9.73. The largest absolute Gasteiger partial charge is 0.487 e. The van der Waals surface area contributed by atoms with Crippen molar-refractivity contribution in [2.75, 3.05) is 0 Å². The smallest absolute Gasteiger partial charge is 0.219 e. The van der Waals surface area contributed by atoms with Crippen LogP contribution in [0.4, 0.5) is 10.1 Å². The van der Waals surface area contributed by atoms with Crippen LogP contribution in [0.5, 0.6) is 5.75 Å². The van der Waals surface area contributed by atoms with E-state index in [1.165, 1.54) is 18.5 Å². The molecule has 0 aliphatic rings. The molecule has 35 heavy (non-hydrogen) atoms. The maximum absolute atomic E-state index is 14.2. The molecule has 3 aromatic rings. The Bertz CT molecular complexity index is 1330. The normalized spacial score (nSPS) is 13.7. The molecular weight excluding hydrogens is 468 g/mol. The van der Waals surface area contributed by atoms with Gasteiger partial charge in [-0.25, -0.2) is 19.4 Å². The Balaban J connectivity index is 2.04. The highest BCUT2D eigenvalue weighted by Gasteiger charge is 2.27. The Kier molecular flexibility index (Phi) is 8.12. The molecule has 7 nitrogen and oxygen atoms in total. The molecular formula is C25H26BClFN5O2. The highest BCUT2D eigenvalue weighted by Crippen LogP contribution is 2.34. The van der Waals surface area contributed by atoms with Crippen molar-refractivity contribution in [1.29, 1.82) is 0 Å². The predicted molar refractivity (Wildman–Crippen MR) is 139 cm³/mol. The van der Waals surface area contributed by atoms with Crippen molar-refractivity contribution in [3.63, 3.8) is 0 Å². The molecule has 0 aliphatic carbocycles. The van der Waals surface area contributed by atoms with E-state index in [0.717, 1.165) is 11.1 Å². The lowest BCUT2D eigenvalue weighted by Gasteiger charge is -2.30. The van der Waals surface area contributed by atoms with Gasteiger partial charge in [0.05, 0.1) is 17.0 Å². The number of hydrogen-bond acceptors (Lipinski definition) is 4. The maximum atomic E-state index is 14.2. The topological polar surface area (TPSA) is 102 Å². The SMILES string of the molecule is [B][C@@](C)(NC(=O)CC)c1cc(F)cc(Cl)c1COc1cccc2c(N=C(C)N=CN)cc(C)nc12. The predicted octanol–water partition coefficient (Wildman–Crippen LogP) is 4.82. The standard InChI is InChI=1S/C25H26BClFN5O2/c1-5-23(34)33-25(4,26)19-10-16(28)11-20(27)18(19)12-35-22-8-6-7-17-21(32-15(3)30-13-29)9-14(2)31-24(17)22/h6-11,13H,5,12H2,1-4H3,(H,33,34)(H2,29,30,31,32)/t25-/m0/s1. The number of fused-ring (bicyclic) bond motifs is 1. The monoisotopic (exact) mass is 493 g/mol. The third-order valence-corrected chi connectivity index (χ3v) is 5.60. The van der Waals surface area contributed by atoms with Crippen molar-refractivity contribution in [1.82, 2.24) is 10.3 Å². The van der Waals surface area contributed by atoms with E-state index in [1.807, 2.05) is 25.1 Å². The van der Waals surface area contributed by atoms with Crippen molar-refractivity contribution in [3.8, 4) is 5.75 Å². The first-order chi connectivity index (χ1) is 16.6. The summed E-state index contributed by atoms with van der Waals surface area (Å²) in [6.45, 7) is 6.83. The van der Waals surface area contributed by atoms with Crippen LogP contribution in [0.15, 0.2) is 46.4 Å². The van der Waals surface area contributed by atoms with E-state index in [1.54, 1.807) is 26.8 Å². The number of para-hydroxylation sites is 1. The molecule has 0 fully saturated rings. The summed E-state index contributed by atoms with van der Waals surface area (Å²) in [5, 5.41) is 3.58. The van der Waals surface area contributed by atoms with Gasteiger partial charge in [-0.15, -0.1) is 0 Å². The van der Waals surface area contributed by atoms with Gasteiger partial charge in [-0.3, -0.25) is 4.79 Å². The molecule has 1 heterocycles. The first kappa shape index (κ1) is 26.2. The lowest BCUT2D eigenvalue weighted by molar-refractivity contribution is -0.121. The summed E-state index contributed by atoms with van der Waals surface area (Å²) >= 11 is 6.39. The number of aryl methyl sites for hydroxylation is 1. The summed E-state index contributed by atoms with van der Waals surface area (Å²) in [5.74, 6) is 0.116. The number of nitrogens with one attached hydrogen (secondary N) is 1. The molecule has 0 bridgehead atoms. The zero-order valence-corrected chi connectivity index (χ0v) is 20.8. The number of carbonyl (C=O) groups excluding carboxylic acids is 1. The van der Waals surface area contributed by atoms with Crippen LogP contribution in [-0.2, 0) is 16.8 Å². The van der Waals surface area contributed by atoms with Crippen LogP contribution in [0.3, 0.4) is 0 Å². The van der Waals surface area contributed by atoms with E-state index in [4.69, 9.17) is 29.9 Å². The minimum absolute atomic E-state index is 0.0347. The van der Waals surface area contributed by atoms with Crippen LogP contribution < -0.4 is 15.8 Å². The van der Waals surface area contributed by atoms with Gasteiger partial charge in [0.15, 0.2) is 0 Å². The minimum atomic E-state index is -1.37. The van der Waals surface area contributed by atoms with Gasteiger partial charge in [-0.1, -0.05) is 30.7 Å². The van der Waals surface area contributed by atoms with E-state index in [9.17, 15) is 9.18 Å². The molecule has 180 valence electrons. The molecule has 1 aromatic heterocycles. The number of aromatic nitrogens is 1. The Morgan fingerprint density at radius 3 is 2.80 bits per heavy atom. The van der Waals surface area contributed by atoms with Gasteiger partial charge < -0.3 is 15.8 Å². The molecule has 1 atom stereocenters. The Morgan fingerprint density at radius 2 is 2.11 bits per heavy atom.